The van der Waals surface area contributed by atoms with E-state index in [2.05, 4.69) is 11.8 Å². The Bertz CT molecular complexity index is 264. The molecule has 0 radical (unpaired) electrons. The lowest BCUT2D eigenvalue weighted by Crippen LogP contribution is -2.39. The molecule has 17 heavy (non-hydrogen) atoms. The fraction of sp³-hybridized carbons (Fsp3) is 0.917. The summed E-state index contributed by atoms with van der Waals surface area (Å²) in [5.41, 5.74) is 5.52. The quantitative estimate of drug-likeness (QED) is 0.778. The maximum Gasteiger partial charge on any atom is 0.410 e. The van der Waals surface area contributed by atoms with Crippen LogP contribution in [0.2, 0.25) is 0 Å². The third-order valence-electron chi connectivity index (χ3n) is 3.85. The molecule has 2 fully saturated rings. The van der Waals surface area contributed by atoms with Gasteiger partial charge >= 0.3 is 6.09 Å². The fourth-order valence-electron chi connectivity index (χ4n) is 2.64. The van der Waals surface area contributed by atoms with Crippen LogP contribution in [0.4, 0.5) is 4.79 Å². The molecule has 2 aliphatic heterocycles. The highest BCUT2D eigenvalue weighted by Gasteiger charge is 2.32. The van der Waals surface area contributed by atoms with Gasteiger partial charge in [-0.25, -0.2) is 4.79 Å². The molecular weight excluding hydrogens is 218 g/mol. The molecule has 2 aliphatic rings. The van der Waals surface area contributed by atoms with E-state index in [0.29, 0.717) is 19.0 Å². The van der Waals surface area contributed by atoms with Crippen LogP contribution < -0.4 is 5.73 Å². The Hall–Kier alpha value is -0.810. The van der Waals surface area contributed by atoms with Gasteiger partial charge in [0.1, 0.15) is 6.10 Å². The standard InChI is InChI=1S/C12H23N3O2/c1-2-14-5-3-10(4-6-14)8-15-9-11(7-13)17-12(15)16/h10-11H,2-9,13H2,1H3/t11-/m0/s1. The number of amides is 1. The van der Waals surface area contributed by atoms with E-state index in [1.807, 2.05) is 4.90 Å². The molecule has 0 aromatic carbocycles. The first-order valence-electron chi connectivity index (χ1n) is 6.61. The molecule has 2 N–H and O–H groups in total. The van der Waals surface area contributed by atoms with E-state index in [4.69, 9.17) is 10.5 Å². The summed E-state index contributed by atoms with van der Waals surface area (Å²) in [5.74, 6) is 0.627. The summed E-state index contributed by atoms with van der Waals surface area (Å²) in [6.45, 7) is 7.58. The highest BCUT2D eigenvalue weighted by Crippen LogP contribution is 2.20. The lowest BCUT2D eigenvalue weighted by molar-refractivity contribution is 0.127. The van der Waals surface area contributed by atoms with Crippen molar-refractivity contribution in [2.75, 3.05) is 39.3 Å². The van der Waals surface area contributed by atoms with Gasteiger partial charge in [0, 0.05) is 13.1 Å². The van der Waals surface area contributed by atoms with Gasteiger partial charge in [-0.3, -0.25) is 0 Å². The van der Waals surface area contributed by atoms with Crippen molar-refractivity contribution in [3.63, 3.8) is 0 Å². The Kier molecular flexibility index (Phi) is 4.23. The number of hydrogen-bond donors (Lipinski definition) is 1. The van der Waals surface area contributed by atoms with Crippen LogP contribution in [0.25, 0.3) is 0 Å². The molecule has 2 saturated heterocycles. The minimum absolute atomic E-state index is 0.0989. The maximum absolute atomic E-state index is 11.6. The number of ether oxygens (including phenoxy) is 1. The summed E-state index contributed by atoms with van der Waals surface area (Å²) in [6.07, 6.45) is 2.09. The number of carbonyl (C=O) groups excluding carboxylic acids is 1. The van der Waals surface area contributed by atoms with Gasteiger partial charge in [0.05, 0.1) is 6.54 Å². The Morgan fingerprint density at radius 1 is 1.41 bits per heavy atom. The van der Waals surface area contributed by atoms with Gasteiger partial charge in [0.2, 0.25) is 0 Å². The number of piperidine rings is 1. The first kappa shape index (κ1) is 12.6. The van der Waals surface area contributed by atoms with Crippen LogP contribution >= 0.6 is 0 Å². The molecule has 0 aliphatic carbocycles. The zero-order valence-corrected chi connectivity index (χ0v) is 10.6. The van der Waals surface area contributed by atoms with Crippen molar-refractivity contribution in [1.29, 1.82) is 0 Å². The summed E-state index contributed by atoms with van der Waals surface area (Å²) >= 11 is 0. The molecule has 1 atom stereocenters. The van der Waals surface area contributed by atoms with Gasteiger partial charge in [-0.1, -0.05) is 6.92 Å². The van der Waals surface area contributed by atoms with Crippen molar-refractivity contribution >= 4 is 6.09 Å². The molecule has 0 unspecified atom stereocenters. The number of likely N-dealkylation sites (tertiary alicyclic amines) is 1. The van der Waals surface area contributed by atoms with Crippen molar-refractivity contribution in [2.45, 2.75) is 25.9 Å². The molecule has 0 bridgehead atoms. The second-order valence-electron chi connectivity index (χ2n) is 5.02. The predicted octanol–water partition coefficient (Wildman–Crippen LogP) is 0.498. The summed E-state index contributed by atoms with van der Waals surface area (Å²) < 4.78 is 5.16. The third kappa shape index (κ3) is 3.10. The van der Waals surface area contributed by atoms with Crippen molar-refractivity contribution in [1.82, 2.24) is 9.80 Å². The van der Waals surface area contributed by atoms with Crippen molar-refractivity contribution < 1.29 is 9.53 Å². The van der Waals surface area contributed by atoms with Crippen LogP contribution in [-0.2, 0) is 4.74 Å². The van der Waals surface area contributed by atoms with Gasteiger partial charge in [0.25, 0.3) is 0 Å². The Balaban J connectivity index is 1.76. The van der Waals surface area contributed by atoms with Crippen LogP contribution in [0.15, 0.2) is 0 Å². The van der Waals surface area contributed by atoms with E-state index >= 15 is 0 Å². The molecule has 1 amide bonds. The number of nitrogens with zero attached hydrogens (tertiary/aromatic N) is 2. The molecule has 2 rings (SSSR count). The maximum atomic E-state index is 11.6. The largest absolute Gasteiger partial charge is 0.443 e. The Morgan fingerprint density at radius 2 is 2.12 bits per heavy atom. The van der Waals surface area contributed by atoms with Crippen LogP contribution in [0.1, 0.15) is 19.8 Å². The highest BCUT2D eigenvalue weighted by atomic mass is 16.6. The average Bonchev–Trinajstić information content (AvgIpc) is 2.71. The number of rotatable bonds is 4. The predicted molar refractivity (Wildman–Crippen MR) is 65.7 cm³/mol. The second kappa shape index (κ2) is 5.69. The molecule has 0 saturated carbocycles. The summed E-state index contributed by atoms with van der Waals surface area (Å²) in [5, 5.41) is 0. The van der Waals surface area contributed by atoms with Gasteiger partial charge in [-0.15, -0.1) is 0 Å². The van der Waals surface area contributed by atoms with Crippen LogP contribution in [0.5, 0.6) is 0 Å². The zero-order chi connectivity index (χ0) is 12.3. The fourth-order valence-corrected chi connectivity index (χ4v) is 2.64. The third-order valence-corrected chi connectivity index (χ3v) is 3.85. The molecule has 5 heteroatoms. The van der Waals surface area contributed by atoms with Crippen molar-refractivity contribution in [3.05, 3.63) is 0 Å². The molecule has 98 valence electrons. The lowest BCUT2D eigenvalue weighted by atomic mass is 9.96. The number of cyclic esters (lactones) is 1. The molecule has 5 nitrogen and oxygen atoms in total. The van der Waals surface area contributed by atoms with E-state index in [-0.39, 0.29) is 12.2 Å². The smallest absolute Gasteiger partial charge is 0.410 e. The topological polar surface area (TPSA) is 58.8 Å². The van der Waals surface area contributed by atoms with E-state index in [1.54, 1.807) is 0 Å². The summed E-state index contributed by atoms with van der Waals surface area (Å²) in [4.78, 5) is 15.9. The van der Waals surface area contributed by atoms with Gasteiger partial charge in [-0.05, 0) is 38.4 Å². The van der Waals surface area contributed by atoms with Crippen LogP contribution in [-0.4, -0.2) is 61.3 Å². The first-order chi connectivity index (χ1) is 8.22. The number of nitrogens with two attached hydrogens (primary N) is 1. The van der Waals surface area contributed by atoms with Crippen molar-refractivity contribution in [3.8, 4) is 0 Å². The average molecular weight is 241 g/mol. The minimum atomic E-state index is -0.182. The summed E-state index contributed by atoms with van der Waals surface area (Å²) in [6, 6.07) is 0. The van der Waals surface area contributed by atoms with E-state index in [9.17, 15) is 4.79 Å². The van der Waals surface area contributed by atoms with Gasteiger partial charge in [0.15, 0.2) is 0 Å². The zero-order valence-electron chi connectivity index (χ0n) is 10.6. The number of carbonyl (C=O) groups is 1. The van der Waals surface area contributed by atoms with E-state index < -0.39 is 0 Å². The monoisotopic (exact) mass is 241 g/mol. The first-order valence-corrected chi connectivity index (χ1v) is 6.61. The normalized spacial score (nSPS) is 27.5. The molecule has 2 heterocycles. The summed E-state index contributed by atoms with van der Waals surface area (Å²) in [7, 11) is 0. The Labute approximate surface area is 103 Å². The van der Waals surface area contributed by atoms with Crippen molar-refractivity contribution in [2.24, 2.45) is 11.7 Å². The van der Waals surface area contributed by atoms with Crippen LogP contribution in [0.3, 0.4) is 0 Å². The second-order valence-corrected chi connectivity index (χ2v) is 5.02. The van der Waals surface area contributed by atoms with Gasteiger partial charge in [-0.2, -0.15) is 0 Å². The number of hydrogen-bond acceptors (Lipinski definition) is 4. The SMILES string of the molecule is CCN1CCC(CN2C[C@H](CN)OC2=O)CC1. The van der Waals surface area contributed by atoms with Crippen LogP contribution in [0, 0.1) is 5.92 Å². The molecule has 0 aromatic rings. The lowest BCUT2D eigenvalue weighted by Gasteiger charge is -2.32. The Morgan fingerprint density at radius 3 is 2.65 bits per heavy atom. The van der Waals surface area contributed by atoms with E-state index in [1.165, 1.54) is 12.8 Å². The highest BCUT2D eigenvalue weighted by molar-refractivity contribution is 5.69. The minimum Gasteiger partial charge on any atom is -0.443 e. The van der Waals surface area contributed by atoms with Gasteiger partial charge < -0.3 is 20.3 Å². The molecule has 0 aromatic heterocycles. The molecule has 0 spiro atoms. The van der Waals surface area contributed by atoms with E-state index in [0.717, 1.165) is 26.2 Å². The molecular formula is C12H23N3O2.